The number of likely N-dealkylation sites (N-methyl/N-ethyl adjacent to an activating group) is 1. The van der Waals surface area contributed by atoms with Gasteiger partial charge in [0.15, 0.2) is 0 Å². The molecule has 0 spiro atoms. The van der Waals surface area contributed by atoms with E-state index in [2.05, 4.69) is 15.5 Å². The van der Waals surface area contributed by atoms with Crippen molar-refractivity contribution in [3.05, 3.63) is 24.3 Å². The molecule has 136 valence electrons. The van der Waals surface area contributed by atoms with Crippen LogP contribution in [-0.4, -0.2) is 60.2 Å². The molecule has 1 aliphatic heterocycles. The second kappa shape index (κ2) is 9.17. The lowest BCUT2D eigenvalue weighted by molar-refractivity contribution is -0.135. The average Bonchev–Trinajstić information content (AvgIpc) is 3.06. The summed E-state index contributed by atoms with van der Waals surface area (Å²) in [4.78, 5) is 39.2. The molecular formula is C18H26N4O3. The van der Waals surface area contributed by atoms with Gasteiger partial charge in [-0.15, -0.1) is 0 Å². The van der Waals surface area contributed by atoms with Crippen LogP contribution in [0.25, 0.3) is 0 Å². The smallest absolute Gasteiger partial charge is 0.243 e. The molecule has 2 rings (SSSR count). The van der Waals surface area contributed by atoms with Crippen LogP contribution in [0.2, 0.25) is 0 Å². The molecule has 1 saturated heterocycles. The van der Waals surface area contributed by atoms with E-state index in [0.29, 0.717) is 24.5 Å². The van der Waals surface area contributed by atoms with E-state index < -0.39 is 0 Å². The first-order valence-electron chi connectivity index (χ1n) is 8.65. The molecule has 1 aromatic carbocycles. The van der Waals surface area contributed by atoms with E-state index in [1.807, 2.05) is 6.92 Å². The molecule has 0 aromatic heterocycles. The van der Waals surface area contributed by atoms with Gasteiger partial charge >= 0.3 is 0 Å². The Labute approximate surface area is 148 Å². The standard InChI is InChI=1S/C18H26N4O3/c1-3-22(18(25)13-21-10-4-5-11-21)12-17(24)20-16-8-6-15(7-9-16)19-14(2)23/h6-9H,3-5,10-13H2,1-2H3,(H,19,23)(H,20,24). The summed E-state index contributed by atoms with van der Waals surface area (Å²) in [5, 5.41) is 5.44. The van der Waals surface area contributed by atoms with Crippen LogP contribution in [0.4, 0.5) is 11.4 Å². The van der Waals surface area contributed by atoms with Gasteiger partial charge in [0.1, 0.15) is 0 Å². The van der Waals surface area contributed by atoms with Crippen molar-refractivity contribution in [1.29, 1.82) is 0 Å². The lowest BCUT2D eigenvalue weighted by Crippen LogP contribution is -2.43. The Morgan fingerprint density at radius 1 is 1.04 bits per heavy atom. The maximum Gasteiger partial charge on any atom is 0.243 e. The number of rotatable bonds is 7. The van der Waals surface area contributed by atoms with Crippen molar-refractivity contribution >= 4 is 29.1 Å². The summed E-state index contributed by atoms with van der Waals surface area (Å²) in [7, 11) is 0. The van der Waals surface area contributed by atoms with E-state index in [1.165, 1.54) is 6.92 Å². The molecule has 0 saturated carbocycles. The number of nitrogens with zero attached hydrogens (tertiary/aromatic N) is 2. The average molecular weight is 346 g/mol. The predicted octanol–water partition coefficient (Wildman–Crippen LogP) is 1.53. The Morgan fingerprint density at radius 3 is 2.12 bits per heavy atom. The quantitative estimate of drug-likeness (QED) is 0.784. The molecule has 7 nitrogen and oxygen atoms in total. The Bertz CT molecular complexity index is 609. The molecule has 1 fully saturated rings. The third-order valence-electron chi connectivity index (χ3n) is 4.12. The summed E-state index contributed by atoms with van der Waals surface area (Å²) in [6, 6.07) is 6.86. The largest absolute Gasteiger partial charge is 0.333 e. The van der Waals surface area contributed by atoms with Crippen LogP contribution in [0.1, 0.15) is 26.7 Å². The van der Waals surface area contributed by atoms with Crippen LogP contribution < -0.4 is 10.6 Å². The van der Waals surface area contributed by atoms with Gasteiger partial charge in [-0.3, -0.25) is 19.3 Å². The van der Waals surface area contributed by atoms with Crippen molar-refractivity contribution in [1.82, 2.24) is 9.80 Å². The fourth-order valence-corrected chi connectivity index (χ4v) is 2.82. The summed E-state index contributed by atoms with van der Waals surface area (Å²) in [5.41, 5.74) is 1.30. The van der Waals surface area contributed by atoms with E-state index in [-0.39, 0.29) is 24.3 Å². The minimum absolute atomic E-state index is 0.0134. The van der Waals surface area contributed by atoms with Crippen LogP contribution >= 0.6 is 0 Å². The van der Waals surface area contributed by atoms with Crippen molar-refractivity contribution < 1.29 is 14.4 Å². The monoisotopic (exact) mass is 346 g/mol. The first kappa shape index (κ1) is 18.9. The van der Waals surface area contributed by atoms with Crippen molar-refractivity contribution in [3.63, 3.8) is 0 Å². The predicted molar refractivity (Wildman–Crippen MR) is 97.3 cm³/mol. The zero-order valence-corrected chi connectivity index (χ0v) is 14.9. The number of carbonyl (C=O) groups is 3. The van der Waals surface area contributed by atoms with Crippen molar-refractivity contribution in [2.45, 2.75) is 26.7 Å². The number of hydrogen-bond acceptors (Lipinski definition) is 4. The lowest BCUT2D eigenvalue weighted by atomic mass is 10.2. The second-order valence-corrected chi connectivity index (χ2v) is 6.20. The number of anilines is 2. The molecular weight excluding hydrogens is 320 g/mol. The van der Waals surface area contributed by atoms with Gasteiger partial charge in [-0.05, 0) is 57.1 Å². The highest BCUT2D eigenvalue weighted by Crippen LogP contribution is 2.13. The van der Waals surface area contributed by atoms with Crippen LogP contribution in [0.3, 0.4) is 0 Å². The molecule has 1 heterocycles. The van der Waals surface area contributed by atoms with E-state index in [4.69, 9.17) is 0 Å². The SMILES string of the molecule is CCN(CC(=O)Nc1ccc(NC(C)=O)cc1)C(=O)CN1CCCC1. The molecule has 2 N–H and O–H groups in total. The van der Waals surface area contributed by atoms with Crippen LogP contribution in [0.15, 0.2) is 24.3 Å². The summed E-state index contributed by atoms with van der Waals surface area (Å²) in [6.07, 6.45) is 2.27. The first-order valence-corrected chi connectivity index (χ1v) is 8.65. The maximum absolute atomic E-state index is 12.3. The number of hydrogen-bond donors (Lipinski definition) is 2. The van der Waals surface area contributed by atoms with Gasteiger partial charge in [-0.1, -0.05) is 0 Å². The molecule has 1 aromatic rings. The van der Waals surface area contributed by atoms with E-state index in [0.717, 1.165) is 25.9 Å². The Morgan fingerprint density at radius 2 is 1.60 bits per heavy atom. The zero-order valence-electron chi connectivity index (χ0n) is 14.9. The molecule has 0 atom stereocenters. The zero-order chi connectivity index (χ0) is 18.2. The Balaban J connectivity index is 1.84. The van der Waals surface area contributed by atoms with Crippen LogP contribution in [-0.2, 0) is 14.4 Å². The van der Waals surface area contributed by atoms with E-state index in [9.17, 15) is 14.4 Å². The fraction of sp³-hybridized carbons (Fsp3) is 0.500. The number of amides is 3. The number of benzene rings is 1. The van der Waals surface area contributed by atoms with Crippen molar-refractivity contribution in [2.75, 3.05) is 43.4 Å². The fourth-order valence-electron chi connectivity index (χ4n) is 2.82. The molecule has 1 aliphatic rings. The second-order valence-electron chi connectivity index (χ2n) is 6.20. The van der Waals surface area contributed by atoms with Crippen molar-refractivity contribution in [2.24, 2.45) is 0 Å². The minimum Gasteiger partial charge on any atom is -0.333 e. The third-order valence-corrected chi connectivity index (χ3v) is 4.12. The molecule has 25 heavy (non-hydrogen) atoms. The minimum atomic E-state index is -0.233. The van der Waals surface area contributed by atoms with Gasteiger partial charge in [0.2, 0.25) is 17.7 Å². The third kappa shape index (κ3) is 6.19. The van der Waals surface area contributed by atoms with Crippen LogP contribution in [0.5, 0.6) is 0 Å². The van der Waals surface area contributed by atoms with Gasteiger partial charge in [0.05, 0.1) is 13.1 Å². The molecule has 0 bridgehead atoms. The van der Waals surface area contributed by atoms with Gasteiger partial charge in [0.25, 0.3) is 0 Å². The highest BCUT2D eigenvalue weighted by Gasteiger charge is 2.20. The molecule has 3 amide bonds. The van der Waals surface area contributed by atoms with Gasteiger partial charge in [-0.25, -0.2) is 0 Å². The summed E-state index contributed by atoms with van der Waals surface area (Å²) in [6.45, 7) is 6.14. The van der Waals surface area contributed by atoms with Gasteiger partial charge < -0.3 is 15.5 Å². The summed E-state index contributed by atoms with van der Waals surface area (Å²) in [5.74, 6) is -0.392. The normalized spacial score (nSPS) is 14.2. The van der Waals surface area contributed by atoms with E-state index >= 15 is 0 Å². The van der Waals surface area contributed by atoms with Crippen molar-refractivity contribution in [3.8, 4) is 0 Å². The molecule has 0 unspecified atom stereocenters. The lowest BCUT2D eigenvalue weighted by Gasteiger charge is -2.23. The Hall–Kier alpha value is -2.41. The molecule has 7 heteroatoms. The number of nitrogens with one attached hydrogen (secondary N) is 2. The summed E-state index contributed by atoms with van der Waals surface area (Å²) < 4.78 is 0. The Kier molecular flexibility index (Phi) is 6.94. The molecule has 0 radical (unpaired) electrons. The van der Waals surface area contributed by atoms with Gasteiger partial charge in [-0.2, -0.15) is 0 Å². The highest BCUT2D eigenvalue weighted by atomic mass is 16.2. The van der Waals surface area contributed by atoms with Crippen LogP contribution in [0, 0.1) is 0 Å². The first-order chi connectivity index (χ1) is 12.0. The summed E-state index contributed by atoms with van der Waals surface area (Å²) >= 11 is 0. The highest BCUT2D eigenvalue weighted by molar-refractivity contribution is 5.95. The maximum atomic E-state index is 12.3. The van der Waals surface area contributed by atoms with Gasteiger partial charge in [0, 0.05) is 24.8 Å². The topological polar surface area (TPSA) is 81.8 Å². The van der Waals surface area contributed by atoms with E-state index in [1.54, 1.807) is 29.2 Å². The number of likely N-dealkylation sites (tertiary alicyclic amines) is 1. The molecule has 0 aliphatic carbocycles. The number of carbonyl (C=O) groups excluding carboxylic acids is 3.